The summed E-state index contributed by atoms with van der Waals surface area (Å²) in [6.07, 6.45) is 0. The zero-order valence-corrected chi connectivity index (χ0v) is 8.04. The van der Waals surface area contributed by atoms with E-state index in [1.807, 2.05) is 6.07 Å². The van der Waals surface area contributed by atoms with Gasteiger partial charge in [-0.25, -0.2) is 0 Å². The van der Waals surface area contributed by atoms with Crippen LogP contribution in [0.15, 0.2) is 30.3 Å². The third-order valence-electron chi connectivity index (χ3n) is 1.88. The first-order valence-electron chi connectivity index (χ1n) is 4.51. The van der Waals surface area contributed by atoms with E-state index in [0.29, 0.717) is 12.1 Å². The Kier molecular flexibility index (Phi) is 3.30. The molecule has 0 aliphatic rings. The highest BCUT2D eigenvalue weighted by atomic mass is 14.9. The van der Waals surface area contributed by atoms with Crippen LogP contribution in [0.2, 0.25) is 0 Å². The molecule has 1 rings (SSSR count). The van der Waals surface area contributed by atoms with Gasteiger partial charge in [-0.05, 0) is 12.5 Å². The van der Waals surface area contributed by atoms with Gasteiger partial charge in [0, 0.05) is 12.1 Å². The van der Waals surface area contributed by atoms with Crippen molar-refractivity contribution in [2.45, 2.75) is 32.9 Å². The fourth-order valence-electron chi connectivity index (χ4n) is 1.34. The van der Waals surface area contributed by atoms with E-state index in [4.69, 9.17) is 0 Å². The molecule has 1 aromatic carbocycles. The summed E-state index contributed by atoms with van der Waals surface area (Å²) in [6, 6.07) is 11.5. The Bertz CT molecular complexity index is 216. The standard InChI is InChI=1S/C11H17N/c1-9(2)12-10(3)11-7-5-4-6-8-11/h4-10,12H,1-3H3/t10-/m0/s1. The van der Waals surface area contributed by atoms with E-state index in [1.165, 1.54) is 5.56 Å². The van der Waals surface area contributed by atoms with Crippen molar-refractivity contribution in [3.63, 3.8) is 0 Å². The van der Waals surface area contributed by atoms with Crippen molar-refractivity contribution in [2.75, 3.05) is 0 Å². The number of hydrogen-bond donors (Lipinski definition) is 1. The highest BCUT2D eigenvalue weighted by molar-refractivity contribution is 5.18. The van der Waals surface area contributed by atoms with Crippen LogP contribution >= 0.6 is 0 Å². The van der Waals surface area contributed by atoms with E-state index < -0.39 is 0 Å². The van der Waals surface area contributed by atoms with Gasteiger partial charge < -0.3 is 5.32 Å². The lowest BCUT2D eigenvalue weighted by Crippen LogP contribution is -2.25. The molecule has 1 heteroatoms. The lowest BCUT2D eigenvalue weighted by Gasteiger charge is -2.16. The summed E-state index contributed by atoms with van der Waals surface area (Å²) in [4.78, 5) is 0. The van der Waals surface area contributed by atoms with E-state index >= 15 is 0 Å². The average Bonchev–Trinajstić information content (AvgIpc) is 2.05. The Morgan fingerprint density at radius 3 is 2.08 bits per heavy atom. The molecule has 0 amide bonds. The molecule has 0 aliphatic heterocycles. The molecule has 1 nitrogen and oxygen atoms in total. The maximum atomic E-state index is 3.46. The second kappa shape index (κ2) is 4.27. The molecule has 1 atom stereocenters. The fourth-order valence-corrected chi connectivity index (χ4v) is 1.34. The molecule has 0 radical (unpaired) electrons. The van der Waals surface area contributed by atoms with Crippen LogP contribution in [0.25, 0.3) is 0 Å². The molecule has 0 unspecified atom stereocenters. The van der Waals surface area contributed by atoms with Crippen molar-refractivity contribution in [3.8, 4) is 0 Å². The van der Waals surface area contributed by atoms with Crippen LogP contribution in [-0.2, 0) is 0 Å². The molecular formula is C11H17N. The smallest absolute Gasteiger partial charge is 0.0294 e. The van der Waals surface area contributed by atoms with Crippen LogP contribution < -0.4 is 5.32 Å². The Balaban J connectivity index is 2.59. The van der Waals surface area contributed by atoms with Crippen LogP contribution in [0.5, 0.6) is 0 Å². The van der Waals surface area contributed by atoms with Gasteiger partial charge in [-0.3, -0.25) is 0 Å². The van der Waals surface area contributed by atoms with E-state index in [-0.39, 0.29) is 0 Å². The maximum Gasteiger partial charge on any atom is 0.0294 e. The molecule has 0 saturated carbocycles. The number of rotatable bonds is 3. The van der Waals surface area contributed by atoms with Crippen LogP contribution in [0.1, 0.15) is 32.4 Å². The van der Waals surface area contributed by atoms with Crippen LogP contribution in [0, 0.1) is 0 Å². The summed E-state index contributed by atoms with van der Waals surface area (Å²) in [7, 11) is 0. The van der Waals surface area contributed by atoms with Gasteiger partial charge in [-0.15, -0.1) is 0 Å². The highest BCUT2D eigenvalue weighted by Crippen LogP contribution is 2.11. The summed E-state index contributed by atoms with van der Waals surface area (Å²) in [5.74, 6) is 0. The second-order valence-electron chi connectivity index (χ2n) is 3.45. The Morgan fingerprint density at radius 1 is 1.00 bits per heavy atom. The normalized spacial score (nSPS) is 13.3. The molecule has 66 valence electrons. The minimum Gasteiger partial charge on any atom is -0.308 e. The molecule has 0 heterocycles. The summed E-state index contributed by atoms with van der Waals surface area (Å²) in [5.41, 5.74) is 1.35. The fraction of sp³-hybridized carbons (Fsp3) is 0.455. The predicted molar refractivity (Wildman–Crippen MR) is 53.1 cm³/mol. The molecule has 0 aliphatic carbocycles. The highest BCUT2D eigenvalue weighted by Gasteiger charge is 2.04. The minimum absolute atomic E-state index is 0.450. The predicted octanol–water partition coefficient (Wildman–Crippen LogP) is 2.75. The Labute approximate surface area is 74.8 Å². The van der Waals surface area contributed by atoms with Gasteiger partial charge in [-0.2, -0.15) is 0 Å². The molecular weight excluding hydrogens is 146 g/mol. The molecule has 0 fully saturated rings. The van der Waals surface area contributed by atoms with Gasteiger partial charge in [0.05, 0.1) is 0 Å². The third kappa shape index (κ3) is 2.67. The van der Waals surface area contributed by atoms with Gasteiger partial charge in [0.1, 0.15) is 0 Å². The molecule has 1 aromatic rings. The zero-order chi connectivity index (χ0) is 8.97. The quantitative estimate of drug-likeness (QED) is 0.722. The SMILES string of the molecule is CC(C)N[C@@H](C)c1ccccc1. The zero-order valence-electron chi connectivity index (χ0n) is 8.04. The van der Waals surface area contributed by atoms with Crippen molar-refractivity contribution in [3.05, 3.63) is 35.9 Å². The number of hydrogen-bond acceptors (Lipinski definition) is 1. The summed E-state index contributed by atoms with van der Waals surface area (Å²) >= 11 is 0. The van der Waals surface area contributed by atoms with Crippen LogP contribution in [0.3, 0.4) is 0 Å². The molecule has 0 aromatic heterocycles. The van der Waals surface area contributed by atoms with Crippen molar-refractivity contribution < 1.29 is 0 Å². The van der Waals surface area contributed by atoms with Crippen molar-refractivity contribution in [2.24, 2.45) is 0 Å². The molecule has 0 spiro atoms. The van der Waals surface area contributed by atoms with Gasteiger partial charge >= 0.3 is 0 Å². The summed E-state index contributed by atoms with van der Waals surface area (Å²) < 4.78 is 0. The number of benzene rings is 1. The van der Waals surface area contributed by atoms with Crippen molar-refractivity contribution in [1.29, 1.82) is 0 Å². The first kappa shape index (κ1) is 9.27. The lowest BCUT2D eigenvalue weighted by atomic mass is 10.1. The lowest BCUT2D eigenvalue weighted by molar-refractivity contribution is 0.506. The second-order valence-corrected chi connectivity index (χ2v) is 3.45. The molecule has 1 N–H and O–H groups in total. The van der Waals surface area contributed by atoms with Gasteiger partial charge in [-0.1, -0.05) is 44.2 Å². The van der Waals surface area contributed by atoms with E-state index in [2.05, 4.69) is 50.4 Å². The van der Waals surface area contributed by atoms with Crippen molar-refractivity contribution >= 4 is 0 Å². The summed E-state index contributed by atoms with van der Waals surface area (Å²) in [6.45, 7) is 6.52. The van der Waals surface area contributed by atoms with Gasteiger partial charge in [0.25, 0.3) is 0 Å². The molecule has 12 heavy (non-hydrogen) atoms. The Hall–Kier alpha value is -0.820. The molecule has 0 bridgehead atoms. The topological polar surface area (TPSA) is 12.0 Å². The minimum atomic E-state index is 0.450. The van der Waals surface area contributed by atoms with Gasteiger partial charge in [0.2, 0.25) is 0 Å². The van der Waals surface area contributed by atoms with E-state index in [9.17, 15) is 0 Å². The average molecular weight is 163 g/mol. The first-order chi connectivity index (χ1) is 5.70. The van der Waals surface area contributed by atoms with Crippen LogP contribution in [-0.4, -0.2) is 6.04 Å². The van der Waals surface area contributed by atoms with Crippen LogP contribution in [0.4, 0.5) is 0 Å². The van der Waals surface area contributed by atoms with E-state index in [0.717, 1.165) is 0 Å². The van der Waals surface area contributed by atoms with E-state index in [1.54, 1.807) is 0 Å². The summed E-state index contributed by atoms with van der Waals surface area (Å²) in [5, 5.41) is 3.46. The first-order valence-corrected chi connectivity index (χ1v) is 4.51. The van der Waals surface area contributed by atoms with Crippen molar-refractivity contribution in [1.82, 2.24) is 5.32 Å². The third-order valence-corrected chi connectivity index (χ3v) is 1.88. The Morgan fingerprint density at radius 2 is 1.58 bits per heavy atom. The van der Waals surface area contributed by atoms with Gasteiger partial charge in [0.15, 0.2) is 0 Å². The largest absolute Gasteiger partial charge is 0.308 e. The molecule has 0 saturated heterocycles. The maximum absolute atomic E-state index is 3.46. The number of nitrogens with one attached hydrogen (secondary N) is 1. The monoisotopic (exact) mass is 163 g/mol.